The molecule has 0 saturated carbocycles. The van der Waals surface area contributed by atoms with E-state index in [1.807, 2.05) is 54.6 Å². The van der Waals surface area contributed by atoms with E-state index in [2.05, 4.69) is 9.71 Å². The summed E-state index contributed by atoms with van der Waals surface area (Å²) in [5.41, 5.74) is 2.54. The van der Waals surface area contributed by atoms with E-state index in [0.29, 0.717) is 5.69 Å². The standard InChI is InChI=1S/C22H18FN3O2S/c23-21(25-29(27,28)18-11-5-2-6-12-18)22-24-15-16-26(22)20-14-8-7-13-19(20)17-9-3-1-4-10-17/h1-16,21,25H. The summed E-state index contributed by atoms with van der Waals surface area (Å²) in [6.45, 7) is 0. The topological polar surface area (TPSA) is 64.0 Å². The van der Waals surface area contributed by atoms with Crippen LogP contribution >= 0.6 is 0 Å². The third kappa shape index (κ3) is 3.96. The van der Waals surface area contributed by atoms with E-state index >= 15 is 4.39 Å². The van der Waals surface area contributed by atoms with Crippen molar-refractivity contribution >= 4 is 10.0 Å². The summed E-state index contributed by atoms with van der Waals surface area (Å²) in [5, 5.41) is 0. The number of rotatable bonds is 6. The molecule has 1 unspecified atom stereocenters. The van der Waals surface area contributed by atoms with Crippen LogP contribution in [0.4, 0.5) is 4.39 Å². The quantitative estimate of drug-likeness (QED) is 0.479. The molecule has 5 nitrogen and oxygen atoms in total. The van der Waals surface area contributed by atoms with Crippen molar-refractivity contribution in [2.24, 2.45) is 0 Å². The number of hydrogen-bond acceptors (Lipinski definition) is 3. The van der Waals surface area contributed by atoms with Gasteiger partial charge >= 0.3 is 0 Å². The van der Waals surface area contributed by atoms with Gasteiger partial charge in [0, 0.05) is 18.0 Å². The average Bonchev–Trinajstić information content (AvgIpc) is 3.25. The van der Waals surface area contributed by atoms with Gasteiger partial charge in [-0.25, -0.2) is 17.8 Å². The average molecular weight is 407 g/mol. The number of sulfonamides is 1. The number of halogens is 1. The molecule has 1 heterocycles. The van der Waals surface area contributed by atoms with Crippen molar-refractivity contribution in [2.75, 3.05) is 0 Å². The molecule has 7 heteroatoms. The number of alkyl halides is 1. The maximum atomic E-state index is 15.1. The molecule has 3 aromatic carbocycles. The molecule has 1 aromatic heterocycles. The van der Waals surface area contributed by atoms with Crippen LogP contribution in [-0.4, -0.2) is 18.0 Å². The molecule has 0 aliphatic rings. The number of nitrogens with one attached hydrogen (secondary N) is 1. The van der Waals surface area contributed by atoms with Crippen molar-refractivity contribution in [1.82, 2.24) is 14.3 Å². The Morgan fingerprint density at radius 3 is 2.21 bits per heavy atom. The van der Waals surface area contributed by atoms with E-state index in [1.54, 1.807) is 29.0 Å². The number of nitrogens with zero attached hydrogens (tertiary/aromatic N) is 2. The lowest BCUT2D eigenvalue weighted by atomic mass is 10.0. The molecule has 0 radical (unpaired) electrons. The molecule has 0 aliphatic carbocycles. The van der Waals surface area contributed by atoms with Gasteiger partial charge in [-0.15, -0.1) is 0 Å². The van der Waals surface area contributed by atoms with Gasteiger partial charge in [0.15, 0.2) is 5.82 Å². The van der Waals surface area contributed by atoms with Crippen LogP contribution in [0.5, 0.6) is 0 Å². The maximum Gasteiger partial charge on any atom is 0.243 e. The van der Waals surface area contributed by atoms with Crippen molar-refractivity contribution in [3.8, 4) is 16.8 Å². The van der Waals surface area contributed by atoms with Gasteiger partial charge in [-0.2, -0.15) is 4.72 Å². The summed E-state index contributed by atoms with van der Waals surface area (Å²) in [7, 11) is -4.03. The largest absolute Gasteiger partial charge is 0.299 e. The zero-order valence-corrected chi connectivity index (χ0v) is 16.1. The van der Waals surface area contributed by atoms with Crippen molar-refractivity contribution in [1.29, 1.82) is 0 Å². The molecule has 0 spiro atoms. The van der Waals surface area contributed by atoms with Crippen LogP contribution in [0.1, 0.15) is 12.1 Å². The Kier molecular flexibility index (Phi) is 5.24. The van der Waals surface area contributed by atoms with Crippen molar-refractivity contribution in [3.63, 3.8) is 0 Å². The number of aromatic nitrogens is 2. The van der Waals surface area contributed by atoms with Crippen molar-refractivity contribution < 1.29 is 12.8 Å². The van der Waals surface area contributed by atoms with Crippen molar-refractivity contribution in [2.45, 2.75) is 11.2 Å². The molecule has 0 aliphatic heterocycles. The van der Waals surface area contributed by atoms with Crippen molar-refractivity contribution in [3.05, 3.63) is 103 Å². The highest BCUT2D eigenvalue weighted by Gasteiger charge is 2.25. The minimum absolute atomic E-state index is 0.00885. The Morgan fingerprint density at radius 2 is 1.48 bits per heavy atom. The number of hydrogen-bond donors (Lipinski definition) is 1. The maximum absolute atomic E-state index is 15.1. The van der Waals surface area contributed by atoms with E-state index < -0.39 is 16.3 Å². The summed E-state index contributed by atoms with van der Waals surface area (Å²) in [6.07, 6.45) is 1.04. The number of para-hydroxylation sites is 1. The first-order valence-electron chi connectivity index (χ1n) is 8.96. The highest BCUT2D eigenvalue weighted by Crippen LogP contribution is 2.29. The highest BCUT2D eigenvalue weighted by molar-refractivity contribution is 7.89. The summed E-state index contributed by atoms with van der Waals surface area (Å²) in [6, 6.07) is 24.9. The summed E-state index contributed by atoms with van der Waals surface area (Å²) in [5.74, 6) is -0.0483. The predicted octanol–water partition coefficient (Wildman–Crippen LogP) is 4.49. The summed E-state index contributed by atoms with van der Waals surface area (Å²) >= 11 is 0. The Bertz CT molecular complexity index is 1210. The Hall–Kier alpha value is -3.29. The summed E-state index contributed by atoms with van der Waals surface area (Å²) < 4.78 is 43.7. The van der Waals surface area contributed by atoms with Crippen LogP contribution in [0.3, 0.4) is 0 Å². The molecule has 0 bridgehead atoms. The fraction of sp³-hybridized carbons (Fsp3) is 0.0455. The summed E-state index contributed by atoms with van der Waals surface area (Å²) in [4.78, 5) is 4.06. The SMILES string of the molecule is O=S(=O)(NC(F)c1nccn1-c1ccccc1-c1ccccc1)c1ccccc1. The lowest BCUT2D eigenvalue weighted by Crippen LogP contribution is -2.28. The van der Waals surface area contributed by atoms with E-state index in [4.69, 9.17) is 0 Å². The smallest absolute Gasteiger partial charge is 0.243 e. The second-order valence-corrected chi connectivity index (χ2v) is 8.05. The van der Waals surface area contributed by atoms with Gasteiger partial charge < -0.3 is 0 Å². The predicted molar refractivity (Wildman–Crippen MR) is 110 cm³/mol. The normalized spacial score (nSPS) is 12.6. The minimum atomic E-state index is -4.03. The molecular formula is C22H18FN3O2S. The van der Waals surface area contributed by atoms with E-state index in [9.17, 15) is 8.42 Å². The van der Waals surface area contributed by atoms with Crippen LogP contribution in [0.15, 0.2) is 102 Å². The van der Waals surface area contributed by atoms with Crippen LogP contribution in [0.25, 0.3) is 16.8 Å². The molecule has 1 atom stereocenters. The lowest BCUT2D eigenvalue weighted by molar-refractivity contribution is 0.305. The highest BCUT2D eigenvalue weighted by atomic mass is 32.2. The first-order valence-corrected chi connectivity index (χ1v) is 10.4. The number of imidazole rings is 1. The van der Waals surface area contributed by atoms with Gasteiger partial charge in [0.2, 0.25) is 16.3 Å². The second kappa shape index (κ2) is 7.98. The Morgan fingerprint density at radius 1 is 0.862 bits per heavy atom. The van der Waals surface area contributed by atoms with Crippen LogP contribution in [-0.2, 0) is 10.0 Å². The molecule has 0 fully saturated rings. The first kappa shape index (κ1) is 19.0. The first-order chi connectivity index (χ1) is 14.1. The molecule has 0 saturated heterocycles. The fourth-order valence-electron chi connectivity index (χ4n) is 3.11. The van der Waals surface area contributed by atoms with Gasteiger partial charge in [-0.1, -0.05) is 66.7 Å². The van der Waals surface area contributed by atoms with Crippen LogP contribution in [0.2, 0.25) is 0 Å². The zero-order valence-electron chi connectivity index (χ0n) is 15.3. The third-order valence-electron chi connectivity index (χ3n) is 4.46. The van der Waals surface area contributed by atoms with Crippen LogP contribution < -0.4 is 4.72 Å². The second-order valence-electron chi connectivity index (χ2n) is 6.34. The third-order valence-corrected chi connectivity index (χ3v) is 5.87. The van der Waals surface area contributed by atoms with Gasteiger partial charge in [0.25, 0.3) is 0 Å². The molecule has 0 amide bonds. The molecule has 4 rings (SSSR count). The van der Waals surface area contributed by atoms with Crippen LogP contribution in [0, 0.1) is 0 Å². The van der Waals surface area contributed by atoms with E-state index in [1.165, 1.54) is 18.3 Å². The molecule has 4 aromatic rings. The van der Waals surface area contributed by atoms with Gasteiger partial charge in [-0.3, -0.25) is 4.57 Å². The van der Waals surface area contributed by atoms with Gasteiger partial charge in [0.05, 0.1) is 10.6 Å². The molecular weight excluding hydrogens is 389 g/mol. The number of benzene rings is 3. The monoisotopic (exact) mass is 407 g/mol. The van der Waals surface area contributed by atoms with Gasteiger partial charge in [-0.05, 0) is 23.8 Å². The molecule has 146 valence electrons. The molecule has 29 heavy (non-hydrogen) atoms. The van der Waals surface area contributed by atoms with E-state index in [-0.39, 0.29) is 10.7 Å². The molecule has 1 N–H and O–H groups in total. The zero-order chi connectivity index (χ0) is 20.3. The van der Waals surface area contributed by atoms with E-state index in [0.717, 1.165) is 11.1 Å². The Balaban J connectivity index is 1.70. The Labute approximate surface area is 168 Å². The minimum Gasteiger partial charge on any atom is -0.299 e. The van der Waals surface area contributed by atoms with Gasteiger partial charge in [0.1, 0.15) is 0 Å². The fourth-order valence-corrected chi connectivity index (χ4v) is 4.14. The lowest BCUT2D eigenvalue weighted by Gasteiger charge is -2.16.